The van der Waals surface area contributed by atoms with Crippen LogP contribution in [0.3, 0.4) is 0 Å². The normalized spacial score (nSPS) is 12.0. The van der Waals surface area contributed by atoms with Crippen LogP contribution in [0.5, 0.6) is 6.01 Å². The van der Waals surface area contributed by atoms with Gasteiger partial charge in [0.05, 0.1) is 7.11 Å². The Balaban J connectivity index is 2.71. The lowest BCUT2D eigenvalue weighted by molar-refractivity contribution is 0.379. The van der Waals surface area contributed by atoms with Crippen molar-refractivity contribution >= 4 is 23.7 Å². The molecule has 1 rings (SSSR count). The van der Waals surface area contributed by atoms with Crippen LogP contribution in [-0.4, -0.2) is 47.2 Å². The summed E-state index contributed by atoms with van der Waals surface area (Å²) in [7, 11) is 3.28. The molecule has 0 aliphatic heterocycles. The van der Waals surface area contributed by atoms with Crippen LogP contribution in [0.1, 0.15) is 6.92 Å². The summed E-state index contributed by atoms with van der Waals surface area (Å²) >= 11 is 1.78. The molecule has 2 N–H and O–H groups in total. The number of nitrogens with zero attached hydrogens (tertiary/aromatic N) is 3. The molecule has 0 saturated carbocycles. The highest BCUT2D eigenvalue weighted by molar-refractivity contribution is 7.99. The quantitative estimate of drug-likeness (QED) is 0.774. The van der Waals surface area contributed by atoms with Gasteiger partial charge in [0, 0.05) is 18.8 Å². The number of aromatic nitrogens is 3. The predicted molar refractivity (Wildman–Crippen MR) is 67.4 cm³/mol. The molecule has 1 atom stereocenters. The van der Waals surface area contributed by atoms with Crippen LogP contribution >= 0.6 is 11.8 Å². The minimum absolute atomic E-state index is 0.304. The molecule has 0 amide bonds. The highest BCUT2D eigenvalue weighted by Gasteiger charge is 2.06. The van der Waals surface area contributed by atoms with Crippen LogP contribution in [0.2, 0.25) is 0 Å². The largest absolute Gasteiger partial charge is 0.467 e. The van der Waals surface area contributed by atoms with Gasteiger partial charge in [0.25, 0.3) is 0 Å². The third-order valence-electron chi connectivity index (χ3n) is 1.97. The van der Waals surface area contributed by atoms with E-state index >= 15 is 0 Å². The van der Waals surface area contributed by atoms with Crippen molar-refractivity contribution in [1.29, 1.82) is 0 Å². The standard InChI is InChI=1S/C9H17N5OS/c1-6(16-4)5-11-8-12-7(10-2)13-9(14-8)15-3/h6H,5H2,1-4H3,(H2,10,11,12,13,14). The molecule has 0 bridgehead atoms. The van der Waals surface area contributed by atoms with Gasteiger partial charge >= 0.3 is 6.01 Å². The van der Waals surface area contributed by atoms with E-state index in [4.69, 9.17) is 4.74 Å². The highest BCUT2D eigenvalue weighted by Crippen LogP contribution is 2.11. The molecule has 0 saturated heterocycles. The minimum Gasteiger partial charge on any atom is -0.467 e. The Labute approximate surface area is 99.6 Å². The monoisotopic (exact) mass is 243 g/mol. The third kappa shape index (κ3) is 3.73. The smallest absolute Gasteiger partial charge is 0.322 e. The Morgan fingerprint density at radius 2 is 2.00 bits per heavy atom. The van der Waals surface area contributed by atoms with Crippen molar-refractivity contribution in [3.05, 3.63) is 0 Å². The second kappa shape index (κ2) is 6.37. The number of methoxy groups -OCH3 is 1. The Morgan fingerprint density at radius 1 is 1.31 bits per heavy atom. The van der Waals surface area contributed by atoms with Gasteiger partial charge in [0.1, 0.15) is 0 Å². The van der Waals surface area contributed by atoms with Crippen molar-refractivity contribution in [2.24, 2.45) is 0 Å². The maximum atomic E-state index is 4.98. The highest BCUT2D eigenvalue weighted by atomic mass is 32.2. The van der Waals surface area contributed by atoms with E-state index in [0.29, 0.717) is 23.2 Å². The molecule has 0 aromatic carbocycles. The van der Waals surface area contributed by atoms with E-state index in [2.05, 4.69) is 38.8 Å². The van der Waals surface area contributed by atoms with Gasteiger partial charge in [0.15, 0.2) is 0 Å². The topological polar surface area (TPSA) is 72.0 Å². The number of hydrogen-bond donors (Lipinski definition) is 2. The van der Waals surface area contributed by atoms with Crippen LogP contribution in [0, 0.1) is 0 Å². The van der Waals surface area contributed by atoms with E-state index < -0.39 is 0 Å². The van der Waals surface area contributed by atoms with E-state index in [1.54, 1.807) is 18.8 Å². The number of anilines is 2. The average molecular weight is 243 g/mol. The van der Waals surface area contributed by atoms with E-state index in [9.17, 15) is 0 Å². The van der Waals surface area contributed by atoms with Gasteiger partial charge in [-0.15, -0.1) is 0 Å². The first-order valence-corrected chi connectivity index (χ1v) is 6.23. The van der Waals surface area contributed by atoms with E-state index in [1.807, 2.05) is 0 Å². The zero-order valence-corrected chi connectivity index (χ0v) is 10.8. The lowest BCUT2D eigenvalue weighted by Gasteiger charge is -2.10. The Kier molecular flexibility index (Phi) is 5.10. The predicted octanol–water partition coefficient (Wildman–Crippen LogP) is 1.09. The Morgan fingerprint density at radius 3 is 2.56 bits per heavy atom. The van der Waals surface area contributed by atoms with Crippen LogP contribution in [-0.2, 0) is 0 Å². The molecule has 1 aromatic rings. The molecule has 7 heteroatoms. The molecular weight excluding hydrogens is 226 g/mol. The minimum atomic E-state index is 0.304. The molecular formula is C9H17N5OS. The van der Waals surface area contributed by atoms with E-state index in [0.717, 1.165) is 6.54 Å². The number of rotatable bonds is 6. The van der Waals surface area contributed by atoms with Gasteiger partial charge < -0.3 is 15.4 Å². The SMILES string of the molecule is CNc1nc(NCC(C)SC)nc(OC)n1. The molecule has 1 unspecified atom stereocenters. The summed E-state index contributed by atoms with van der Waals surface area (Å²) in [6.45, 7) is 2.94. The third-order valence-corrected chi connectivity index (χ3v) is 2.94. The first-order chi connectivity index (χ1) is 7.69. The molecule has 90 valence electrons. The van der Waals surface area contributed by atoms with Crippen molar-refractivity contribution in [3.63, 3.8) is 0 Å². The molecule has 0 fully saturated rings. The first kappa shape index (κ1) is 12.8. The summed E-state index contributed by atoms with van der Waals surface area (Å²) in [6.07, 6.45) is 2.07. The summed E-state index contributed by atoms with van der Waals surface area (Å²) < 4.78 is 4.98. The fourth-order valence-corrected chi connectivity index (χ4v) is 1.21. The number of thioether (sulfide) groups is 1. The van der Waals surface area contributed by atoms with E-state index in [-0.39, 0.29) is 0 Å². The Hall–Kier alpha value is -1.24. The zero-order chi connectivity index (χ0) is 12.0. The summed E-state index contributed by atoms with van der Waals surface area (Å²) in [5, 5.41) is 6.50. The first-order valence-electron chi connectivity index (χ1n) is 4.94. The van der Waals surface area contributed by atoms with Crippen LogP contribution in [0.15, 0.2) is 0 Å². The van der Waals surface area contributed by atoms with Crippen LogP contribution in [0.25, 0.3) is 0 Å². The molecule has 0 aliphatic rings. The van der Waals surface area contributed by atoms with Gasteiger partial charge in [0.2, 0.25) is 11.9 Å². The maximum Gasteiger partial charge on any atom is 0.322 e. The lowest BCUT2D eigenvalue weighted by atomic mass is 10.5. The number of ether oxygens (including phenoxy) is 1. The van der Waals surface area contributed by atoms with Gasteiger partial charge in [-0.2, -0.15) is 26.7 Å². The average Bonchev–Trinajstić information content (AvgIpc) is 2.35. The van der Waals surface area contributed by atoms with Gasteiger partial charge in [-0.1, -0.05) is 6.92 Å². The fourth-order valence-electron chi connectivity index (χ4n) is 0.957. The van der Waals surface area contributed by atoms with Crippen molar-refractivity contribution in [2.75, 3.05) is 37.6 Å². The van der Waals surface area contributed by atoms with Crippen molar-refractivity contribution in [1.82, 2.24) is 15.0 Å². The summed E-state index contributed by atoms with van der Waals surface area (Å²) in [5.41, 5.74) is 0. The molecule has 0 radical (unpaired) electrons. The van der Waals surface area contributed by atoms with Gasteiger partial charge in [-0.3, -0.25) is 0 Å². The molecule has 0 spiro atoms. The maximum absolute atomic E-state index is 4.98. The second-order valence-electron chi connectivity index (χ2n) is 3.15. The summed E-state index contributed by atoms with van der Waals surface area (Å²) in [4.78, 5) is 12.3. The van der Waals surface area contributed by atoms with Crippen molar-refractivity contribution in [2.45, 2.75) is 12.2 Å². The van der Waals surface area contributed by atoms with Crippen molar-refractivity contribution < 1.29 is 4.74 Å². The number of hydrogen-bond acceptors (Lipinski definition) is 7. The zero-order valence-electron chi connectivity index (χ0n) is 9.94. The molecule has 16 heavy (non-hydrogen) atoms. The van der Waals surface area contributed by atoms with Gasteiger partial charge in [-0.05, 0) is 6.26 Å². The number of nitrogens with one attached hydrogen (secondary N) is 2. The molecule has 1 heterocycles. The molecule has 0 aliphatic carbocycles. The van der Waals surface area contributed by atoms with Crippen LogP contribution in [0.4, 0.5) is 11.9 Å². The molecule has 6 nitrogen and oxygen atoms in total. The lowest BCUT2D eigenvalue weighted by Crippen LogP contribution is -2.15. The van der Waals surface area contributed by atoms with E-state index in [1.165, 1.54) is 7.11 Å². The van der Waals surface area contributed by atoms with Crippen LogP contribution < -0.4 is 15.4 Å². The van der Waals surface area contributed by atoms with Gasteiger partial charge in [-0.25, -0.2) is 0 Å². The Bertz CT molecular complexity index is 313. The second-order valence-corrected chi connectivity index (χ2v) is 4.42. The van der Waals surface area contributed by atoms with Crippen molar-refractivity contribution in [3.8, 4) is 6.01 Å². The fraction of sp³-hybridized carbons (Fsp3) is 0.667. The summed E-state index contributed by atoms with van der Waals surface area (Å²) in [5.74, 6) is 1.02. The summed E-state index contributed by atoms with van der Waals surface area (Å²) in [6, 6.07) is 0.304. The molecule has 1 aromatic heterocycles.